The Morgan fingerprint density at radius 2 is 1.88 bits per heavy atom. The fraction of sp³-hybridized carbons (Fsp3) is 0.400. The number of hydrogen-bond acceptors (Lipinski definition) is 4. The maximum atomic E-state index is 13.0. The summed E-state index contributed by atoms with van der Waals surface area (Å²) in [6.07, 6.45) is -5.43. The number of rotatable bonds is 7. The van der Waals surface area contributed by atoms with Gasteiger partial charge in [0.1, 0.15) is 29.9 Å². The fourth-order valence-electron chi connectivity index (χ4n) is 3.40. The molecular weight excluding hydrogens is 537 g/mol. The van der Waals surface area contributed by atoms with E-state index in [2.05, 4.69) is 15.9 Å². The fourth-order valence-corrected chi connectivity index (χ4v) is 5.72. The van der Waals surface area contributed by atoms with Gasteiger partial charge in [0.05, 0.1) is 36.8 Å². The molecule has 6 nitrogen and oxygen atoms in total. The van der Waals surface area contributed by atoms with Gasteiger partial charge in [-0.05, 0) is 36.4 Å². The summed E-state index contributed by atoms with van der Waals surface area (Å²) in [5.41, 5.74) is -1.07. The van der Waals surface area contributed by atoms with Gasteiger partial charge in [-0.1, -0.05) is 33.6 Å². The van der Waals surface area contributed by atoms with Crippen LogP contribution in [0.1, 0.15) is 5.56 Å². The monoisotopic (exact) mass is 557 g/mol. The molecule has 0 saturated carbocycles. The number of nitrogens with zero attached hydrogens (tertiary/aromatic N) is 1. The highest BCUT2D eigenvalue weighted by atomic mass is 79.9. The zero-order valence-corrected chi connectivity index (χ0v) is 19.9. The Hall–Kier alpha value is -1.37. The number of quaternary nitrogens is 1. The van der Waals surface area contributed by atoms with Gasteiger partial charge in [0.25, 0.3) is 0 Å². The molecule has 1 aliphatic heterocycles. The SMILES string of the molecule is O=S(=O)(c1cc(C(F)(F)F)ccc1Cl)N1CC[NH+](C[C@H](O)COc2cccc(Br)c2)CC1. The lowest BCUT2D eigenvalue weighted by atomic mass is 10.2. The Morgan fingerprint density at radius 1 is 1.19 bits per heavy atom. The normalized spacial score (nSPS) is 17.3. The molecule has 1 fully saturated rings. The summed E-state index contributed by atoms with van der Waals surface area (Å²) in [6.45, 7) is 1.43. The van der Waals surface area contributed by atoms with Crippen LogP contribution < -0.4 is 9.64 Å². The van der Waals surface area contributed by atoms with Gasteiger partial charge < -0.3 is 14.7 Å². The van der Waals surface area contributed by atoms with Gasteiger partial charge in [0, 0.05) is 4.47 Å². The third kappa shape index (κ3) is 6.36. The molecule has 0 radical (unpaired) electrons. The number of piperazine rings is 1. The molecule has 1 heterocycles. The first-order valence-electron chi connectivity index (χ1n) is 9.73. The van der Waals surface area contributed by atoms with Crippen LogP contribution in [0, 0.1) is 0 Å². The van der Waals surface area contributed by atoms with E-state index in [-0.39, 0.29) is 24.7 Å². The maximum absolute atomic E-state index is 13.0. The van der Waals surface area contributed by atoms with Crippen LogP contribution in [-0.2, 0) is 16.2 Å². The highest BCUT2D eigenvalue weighted by Gasteiger charge is 2.36. The molecule has 1 atom stereocenters. The second-order valence-electron chi connectivity index (χ2n) is 7.42. The van der Waals surface area contributed by atoms with E-state index in [9.17, 15) is 26.7 Å². The van der Waals surface area contributed by atoms with E-state index in [1.807, 2.05) is 12.1 Å². The second kappa shape index (κ2) is 10.3. The molecule has 0 unspecified atom stereocenters. The average Bonchev–Trinajstić information content (AvgIpc) is 2.72. The zero-order chi connectivity index (χ0) is 23.5. The van der Waals surface area contributed by atoms with Crippen molar-refractivity contribution < 1.29 is 36.3 Å². The van der Waals surface area contributed by atoms with Crippen molar-refractivity contribution in [3.05, 3.63) is 57.5 Å². The summed E-state index contributed by atoms with van der Waals surface area (Å²) < 4.78 is 72.3. The highest BCUT2D eigenvalue weighted by molar-refractivity contribution is 9.10. The van der Waals surface area contributed by atoms with E-state index in [1.165, 1.54) is 0 Å². The number of halogens is 5. The van der Waals surface area contributed by atoms with E-state index in [1.54, 1.807) is 12.1 Å². The average molecular weight is 559 g/mol. The number of ether oxygens (including phenoxy) is 1. The summed E-state index contributed by atoms with van der Waals surface area (Å²) in [6, 6.07) is 9.48. The zero-order valence-electron chi connectivity index (χ0n) is 16.8. The topological polar surface area (TPSA) is 71.3 Å². The minimum atomic E-state index is -4.67. The van der Waals surface area contributed by atoms with Crippen LogP contribution in [0.15, 0.2) is 51.8 Å². The summed E-state index contributed by atoms with van der Waals surface area (Å²) in [5.74, 6) is 0.613. The van der Waals surface area contributed by atoms with Crippen LogP contribution >= 0.6 is 27.5 Å². The van der Waals surface area contributed by atoms with Crippen LogP contribution in [0.25, 0.3) is 0 Å². The first-order valence-corrected chi connectivity index (χ1v) is 12.3. The van der Waals surface area contributed by atoms with Crippen molar-refractivity contribution in [1.29, 1.82) is 0 Å². The maximum Gasteiger partial charge on any atom is 0.416 e. The van der Waals surface area contributed by atoms with Gasteiger partial charge in [0.2, 0.25) is 10.0 Å². The molecule has 2 N–H and O–H groups in total. The van der Waals surface area contributed by atoms with E-state index in [0.29, 0.717) is 31.5 Å². The molecule has 1 saturated heterocycles. The minimum Gasteiger partial charge on any atom is -0.491 e. The Bertz CT molecular complexity index is 1050. The molecule has 0 aromatic heterocycles. The third-order valence-corrected chi connectivity index (χ3v) is 7.94. The van der Waals surface area contributed by atoms with E-state index in [4.69, 9.17) is 16.3 Å². The number of aliphatic hydroxyl groups is 1. The number of nitrogens with one attached hydrogen (secondary N) is 1. The van der Waals surface area contributed by atoms with Crippen LogP contribution in [0.2, 0.25) is 5.02 Å². The summed E-state index contributed by atoms with van der Waals surface area (Å²) >= 11 is 9.26. The van der Waals surface area contributed by atoms with Crippen LogP contribution in [-0.4, -0.2) is 63.3 Å². The third-order valence-electron chi connectivity index (χ3n) is 5.07. The summed E-state index contributed by atoms with van der Waals surface area (Å²) in [4.78, 5) is 0.414. The lowest BCUT2D eigenvalue weighted by Crippen LogP contribution is -3.15. The highest BCUT2D eigenvalue weighted by Crippen LogP contribution is 2.34. The van der Waals surface area contributed by atoms with Crippen molar-refractivity contribution in [2.45, 2.75) is 17.2 Å². The van der Waals surface area contributed by atoms with Crippen LogP contribution in [0.3, 0.4) is 0 Å². The molecule has 176 valence electrons. The van der Waals surface area contributed by atoms with Crippen molar-refractivity contribution in [3.63, 3.8) is 0 Å². The quantitative estimate of drug-likeness (QED) is 0.548. The molecular formula is C20H22BrClF3N2O4S+. The predicted octanol–water partition coefficient (Wildman–Crippen LogP) is 2.45. The molecule has 0 amide bonds. The lowest BCUT2D eigenvalue weighted by molar-refractivity contribution is -0.906. The van der Waals surface area contributed by atoms with Crippen molar-refractivity contribution in [3.8, 4) is 5.75 Å². The van der Waals surface area contributed by atoms with E-state index in [0.717, 1.165) is 25.8 Å². The van der Waals surface area contributed by atoms with Gasteiger partial charge in [-0.2, -0.15) is 17.5 Å². The minimum absolute atomic E-state index is 0.0851. The Balaban J connectivity index is 1.57. The number of aliphatic hydroxyl groups excluding tert-OH is 1. The number of sulfonamides is 1. The Morgan fingerprint density at radius 3 is 2.50 bits per heavy atom. The van der Waals surface area contributed by atoms with Gasteiger partial charge in [-0.15, -0.1) is 0 Å². The molecule has 2 aromatic rings. The first-order chi connectivity index (χ1) is 15.0. The number of hydrogen-bond donors (Lipinski definition) is 2. The second-order valence-corrected chi connectivity index (χ2v) is 10.7. The smallest absolute Gasteiger partial charge is 0.416 e. The predicted molar refractivity (Wildman–Crippen MR) is 116 cm³/mol. The number of benzene rings is 2. The van der Waals surface area contributed by atoms with Crippen LogP contribution in [0.5, 0.6) is 5.75 Å². The molecule has 2 aromatic carbocycles. The van der Waals surface area contributed by atoms with Crippen molar-refractivity contribution in [2.75, 3.05) is 39.3 Å². The first kappa shape index (κ1) is 25.3. The van der Waals surface area contributed by atoms with Crippen molar-refractivity contribution >= 4 is 37.6 Å². The van der Waals surface area contributed by atoms with Crippen molar-refractivity contribution in [1.82, 2.24) is 4.31 Å². The molecule has 1 aliphatic rings. The van der Waals surface area contributed by atoms with E-state index >= 15 is 0 Å². The standard InChI is InChI=1S/C20H21BrClF3N2O4S/c21-15-2-1-3-17(11-15)31-13-16(28)12-26-6-8-27(9-7-26)32(29,30)19-10-14(20(23,24)25)4-5-18(19)22/h1-5,10-11,16,28H,6-9,12-13H2/p+1/t16-/m0/s1. The van der Waals surface area contributed by atoms with E-state index < -0.39 is 32.8 Å². The molecule has 0 spiro atoms. The lowest BCUT2D eigenvalue weighted by Gasteiger charge is -2.32. The van der Waals surface area contributed by atoms with Gasteiger partial charge in [-0.3, -0.25) is 0 Å². The summed E-state index contributed by atoms with van der Waals surface area (Å²) in [7, 11) is -4.18. The molecule has 0 aliphatic carbocycles. The molecule has 32 heavy (non-hydrogen) atoms. The van der Waals surface area contributed by atoms with Gasteiger partial charge in [-0.25, -0.2) is 8.42 Å². The Kier molecular flexibility index (Phi) is 8.11. The number of alkyl halides is 3. The molecule has 0 bridgehead atoms. The Labute approximate surface area is 197 Å². The van der Waals surface area contributed by atoms with Crippen molar-refractivity contribution in [2.24, 2.45) is 0 Å². The van der Waals surface area contributed by atoms with Gasteiger partial charge in [0.15, 0.2) is 0 Å². The van der Waals surface area contributed by atoms with Crippen LogP contribution in [0.4, 0.5) is 13.2 Å². The van der Waals surface area contributed by atoms with Gasteiger partial charge >= 0.3 is 6.18 Å². The molecule has 3 rings (SSSR count). The summed E-state index contributed by atoms with van der Waals surface area (Å²) in [5, 5.41) is 10.0. The molecule has 12 heteroatoms. The largest absolute Gasteiger partial charge is 0.491 e.